The van der Waals surface area contributed by atoms with Crippen molar-refractivity contribution in [2.45, 2.75) is 70.9 Å². The normalized spacial score (nSPS) is 17.8. The van der Waals surface area contributed by atoms with Gasteiger partial charge in [0.05, 0.1) is 28.9 Å². The Morgan fingerprint density at radius 3 is 2.64 bits per heavy atom. The molecule has 7 heteroatoms. The molecule has 1 amide bonds. The maximum atomic E-state index is 13.2. The van der Waals surface area contributed by atoms with Crippen molar-refractivity contribution in [1.29, 1.82) is 0 Å². The van der Waals surface area contributed by atoms with Crippen molar-refractivity contribution < 1.29 is 9.32 Å². The van der Waals surface area contributed by atoms with Crippen LogP contribution in [0.25, 0.3) is 11.1 Å². The number of carbonyl (C=O) groups excluding carboxylic acids is 1. The summed E-state index contributed by atoms with van der Waals surface area (Å²) in [7, 11) is 0. The third-order valence-corrected chi connectivity index (χ3v) is 5.62. The van der Waals surface area contributed by atoms with Crippen LogP contribution in [-0.4, -0.2) is 31.9 Å². The Kier molecular flexibility index (Phi) is 4.00. The van der Waals surface area contributed by atoms with Gasteiger partial charge in [-0.3, -0.25) is 9.48 Å². The highest BCUT2D eigenvalue weighted by atomic mass is 16.5. The van der Waals surface area contributed by atoms with Crippen LogP contribution in [-0.2, 0) is 6.54 Å². The molecular formula is C21H25N5O2. The van der Waals surface area contributed by atoms with Gasteiger partial charge in [0, 0.05) is 29.3 Å². The van der Waals surface area contributed by atoms with Gasteiger partial charge in [-0.1, -0.05) is 5.16 Å². The zero-order chi connectivity index (χ0) is 19.4. The molecule has 0 aromatic carbocycles. The van der Waals surface area contributed by atoms with E-state index in [1.54, 1.807) is 0 Å². The van der Waals surface area contributed by atoms with Crippen LogP contribution in [0.2, 0.25) is 0 Å². The van der Waals surface area contributed by atoms with Gasteiger partial charge in [-0.05, 0) is 58.6 Å². The monoisotopic (exact) mass is 379 g/mol. The first-order valence-electron chi connectivity index (χ1n) is 10.1. The zero-order valence-corrected chi connectivity index (χ0v) is 16.5. The van der Waals surface area contributed by atoms with Crippen LogP contribution in [0.15, 0.2) is 16.7 Å². The Morgan fingerprint density at radius 1 is 1.25 bits per heavy atom. The average molecular weight is 379 g/mol. The second kappa shape index (κ2) is 6.43. The van der Waals surface area contributed by atoms with Crippen LogP contribution in [0.5, 0.6) is 0 Å². The van der Waals surface area contributed by atoms with Crippen molar-refractivity contribution in [1.82, 2.24) is 25.2 Å². The molecule has 2 fully saturated rings. The summed E-state index contributed by atoms with van der Waals surface area (Å²) in [6.07, 6.45) is 4.44. The molecule has 2 aliphatic rings. The van der Waals surface area contributed by atoms with Crippen LogP contribution in [0.4, 0.5) is 0 Å². The first-order chi connectivity index (χ1) is 13.5. The maximum Gasteiger partial charge on any atom is 0.259 e. The van der Waals surface area contributed by atoms with Crippen molar-refractivity contribution in [3.8, 4) is 0 Å². The summed E-state index contributed by atoms with van der Waals surface area (Å²) in [6, 6.07) is 3.94. The minimum absolute atomic E-state index is 0.0534. The molecule has 3 aromatic rings. The Labute approximate surface area is 163 Å². The lowest BCUT2D eigenvalue weighted by atomic mass is 10.0. The van der Waals surface area contributed by atoms with E-state index in [1.807, 2.05) is 37.6 Å². The first kappa shape index (κ1) is 17.4. The fraction of sp³-hybridized carbons (Fsp3) is 0.524. The number of nitrogens with zero attached hydrogens (tertiary/aromatic N) is 4. The van der Waals surface area contributed by atoms with E-state index in [0.29, 0.717) is 29.7 Å². The third kappa shape index (κ3) is 3.19. The van der Waals surface area contributed by atoms with E-state index < -0.39 is 0 Å². The third-order valence-electron chi connectivity index (χ3n) is 5.62. The van der Waals surface area contributed by atoms with Crippen molar-refractivity contribution in [2.24, 2.45) is 0 Å². The summed E-state index contributed by atoms with van der Waals surface area (Å²) in [5, 5.41) is 12.7. The number of amides is 1. The van der Waals surface area contributed by atoms with E-state index in [-0.39, 0.29) is 11.9 Å². The Hall–Kier alpha value is -2.70. The standard InChI is InChI=1S/C21H25N5O2/c1-11-8-13(3)26(24-11)10-12(2)22-20(27)16-9-17(14-4-5-14)23-21-18(16)19(25-28-21)15-6-7-15/h8-9,12,14-15H,4-7,10H2,1-3H3,(H,22,27)/t12-/m0/s1. The Morgan fingerprint density at radius 2 is 2.00 bits per heavy atom. The molecular weight excluding hydrogens is 354 g/mol. The minimum atomic E-state index is -0.0894. The summed E-state index contributed by atoms with van der Waals surface area (Å²) >= 11 is 0. The number of pyridine rings is 1. The highest BCUT2D eigenvalue weighted by Crippen LogP contribution is 2.45. The highest BCUT2D eigenvalue weighted by Gasteiger charge is 2.34. The number of fused-ring (bicyclic) bond motifs is 1. The molecule has 3 heterocycles. The van der Waals surface area contributed by atoms with Crippen LogP contribution in [0.3, 0.4) is 0 Å². The number of aromatic nitrogens is 4. The lowest BCUT2D eigenvalue weighted by Crippen LogP contribution is -2.36. The quantitative estimate of drug-likeness (QED) is 0.707. The van der Waals surface area contributed by atoms with Crippen LogP contribution in [0, 0.1) is 13.8 Å². The van der Waals surface area contributed by atoms with Gasteiger partial charge in [-0.2, -0.15) is 5.10 Å². The van der Waals surface area contributed by atoms with E-state index in [0.717, 1.165) is 53.8 Å². The van der Waals surface area contributed by atoms with Crippen LogP contribution >= 0.6 is 0 Å². The molecule has 0 unspecified atom stereocenters. The number of nitrogens with one attached hydrogen (secondary N) is 1. The lowest BCUT2D eigenvalue weighted by molar-refractivity contribution is 0.0937. The molecule has 0 saturated heterocycles. The predicted octanol–water partition coefficient (Wildman–Crippen LogP) is 3.61. The van der Waals surface area contributed by atoms with Gasteiger partial charge in [0.2, 0.25) is 0 Å². The van der Waals surface area contributed by atoms with Crippen molar-refractivity contribution in [3.05, 3.63) is 40.5 Å². The summed E-state index contributed by atoms with van der Waals surface area (Å²) in [4.78, 5) is 17.8. The highest BCUT2D eigenvalue weighted by molar-refractivity contribution is 6.06. The molecule has 146 valence electrons. The second-order valence-electron chi connectivity index (χ2n) is 8.37. The predicted molar refractivity (Wildman–Crippen MR) is 104 cm³/mol. The summed E-state index contributed by atoms with van der Waals surface area (Å²) in [6.45, 7) is 6.64. The fourth-order valence-electron chi connectivity index (χ4n) is 3.86. The van der Waals surface area contributed by atoms with E-state index in [1.165, 1.54) is 0 Å². The molecule has 1 atom stereocenters. The molecule has 0 spiro atoms. The van der Waals surface area contributed by atoms with Gasteiger partial charge in [0.1, 0.15) is 0 Å². The largest absolute Gasteiger partial charge is 0.348 e. The number of aryl methyl sites for hydroxylation is 2. The number of carbonyl (C=O) groups is 1. The Balaban J connectivity index is 1.44. The van der Waals surface area contributed by atoms with Gasteiger partial charge >= 0.3 is 0 Å². The summed E-state index contributed by atoms with van der Waals surface area (Å²) < 4.78 is 7.46. The molecule has 3 aromatic heterocycles. The summed E-state index contributed by atoms with van der Waals surface area (Å²) in [5.41, 5.74) is 5.07. The van der Waals surface area contributed by atoms with Crippen LogP contribution in [0.1, 0.15) is 77.6 Å². The van der Waals surface area contributed by atoms with Gasteiger partial charge in [-0.15, -0.1) is 0 Å². The average Bonchev–Trinajstić information content (AvgIpc) is 3.57. The molecule has 0 aliphatic heterocycles. The second-order valence-corrected chi connectivity index (χ2v) is 8.37. The molecule has 7 nitrogen and oxygen atoms in total. The number of rotatable bonds is 6. The summed E-state index contributed by atoms with van der Waals surface area (Å²) in [5.74, 6) is 0.750. The van der Waals surface area contributed by atoms with Gasteiger partial charge in [0.25, 0.3) is 11.6 Å². The van der Waals surface area contributed by atoms with E-state index >= 15 is 0 Å². The van der Waals surface area contributed by atoms with Gasteiger partial charge in [-0.25, -0.2) is 4.98 Å². The van der Waals surface area contributed by atoms with Crippen LogP contribution < -0.4 is 5.32 Å². The lowest BCUT2D eigenvalue weighted by Gasteiger charge is -2.16. The molecule has 5 rings (SSSR count). The number of hydrogen-bond donors (Lipinski definition) is 1. The van der Waals surface area contributed by atoms with Gasteiger partial charge in [0.15, 0.2) is 0 Å². The first-order valence-corrected chi connectivity index (χ1v) is 10.1. The smallest absolute Gasteiger partial charge is 0.259 e. The molecule has 2 aliphatic carbocycles. The van der Waals surface area contributed by atoms with E-state index in [4.69, 9.17) is 4.52 Å². The number of hydrogen-bond acceptors (Lipinski definition) is 5. The molecule has 2 saturated carbocycles. The van der Waals surface area contributed by atoms with E-state index in [9.17, 15) is 4.79 Å². The maximum absolute atomic E-state index is 13.2. The minimum Gasteiger partial charge on any atom is -0.348 e. The van der Waals surface area contributed by atoms with E-state index in [2.05, 4.69) is 20.6 Å². The molecule has 1 N–H and O–H groups in total. The Bertz CT molecular complexity index is 1060. The zero-order valence-electron chi connectivity index (χ0n) is 16.5. The molecule has 0 bridgehead atoms. The van der Waals surface area contributed by atoms with Gasteiger partial charge < -0.3 is 9.84 Å². The van der Waals surface area contributed by atoms with Crippen molar-refractivity contribution in [2.75, 3.05) is 0 Å². The topological polar surface area (TPSA) is 85.8 Å². The van der Waals surface area contributed by atoms with Crippen molar-refractivity contribution in [3.63, 3.8) is 0 Å². The molecule has 28 heavy (non-hydrogen) atoms. The van der Waals surface area contributed by atoms with Crippen molar-refractivity contribution >= 4 is 17.0 Å². The molecule has 0 radical (unpaired) electrons. The fourth-order valence-corrected chi connectivity index (χ4v) is 3.86. The SMILES string of the molecule is Cc1cc(C)n(C[C@H](C)NC(=O)c2cc(C3CC3)nc3onc(C4CC4)c23)n1.